The van der Waals surface area contributed by atoms with E-state index in [1.807, 2.05) is 0 Å². The number of amides is 2. The van der Waals surface area contributed by atoms with Gasteiger partial charge >= 0.3 is 0 Å². The molecule has 0 bridgehead atoms. The number of ether oxygens (including phenoxy) is 3. The lowest BCUT2D eigenvalue weighted by Crippen LogP contribution is -2.50. The number of carbonyl (C=O) groups is 2. The third-order valence-electron chi connectivity index (χ3n) is 6.32. The third kappa shape index (κ3) is 6.26. The van der Waals surface area contributed by atoms with Crippen molar-refractivity contribution in [3.8, 4) is 17.2 Å². The zero-order valence-corrected chi connectivity index (χ0v) is 22.8. The molecule has 0 spiro atoms. The summed E-state index contributed by atoms with van der Waals surface area (Å²) in [5.74, 6) is 0.510. The van der Waals surface area contributed by atoms with Crippen molar-refractivity contribution < 1.29 is 32.2 Å². The Hall–Kier alpha value is -4.25. The van der Waals surface area contributed by atoms with Gasteiger partial charge in [-0.1, -0.05) is 30.3 Å². The quantitative estimate of drug-likeness (QED) is 0.411. The monoisotopic (exact) mass is 553 g/mol. The Labute approximate surface area is 228 Å². The number of anilines is 1. The lowest BCUT2D eigenvalue weighted by atomic mass is 10.1. The average Bonchev–Trinajstić information content (AvgIpc) is 2.98. The van der Waals surface area contributed by atoms with Crippen molar-refractivity contribution in [3.05, 3.63) is 78.4 Å². The van der Waals surface area contributed by atoms with Gasteiger partial charge < -0.3 is 24.4 Å². The molecule has 0 aliphatic carbocycles. The molecule has 2 amide bonds. The average molecular weight is 554 g/mol. The number of benzene rings is 3. The Kier molecular flexibility index (Phi) is 8.60. The topological polar surface area (TPSA) is 114 Å². The van der Waals surface area contributed by atoms with E-state index >= 15 is 0 Å². The molecule has 0 saturated carbocycles. The first-order valence-electron chi connectivity index (χ1n) is 12.4. The van der Waals surface area contributed by atoms with E-state index in [9.17, 15) is 18.0 Å². The van der Waals surface area contributed by atoms with Gasteiger partial charge in [0.1, 0.15) is 31.5 Å². The van der Waals surface area contributed by atoms with Crippen molar-refractivity contribution in [2.24, 2.45) is 0 Å². The van der Waals surface area contributed by atoms with Crippen LogP contribution in [0.3, 0.4) is 0 Å². The Morgan fingerprint density at radius 1 is 0.974 bits per heavy atom. The van der Waals surface area contributed by atoms with Crippen LogP contribution in [0.25, 0.3) is 0 Å². The third-order valence-corrected chi connectivity index (χ3v) is 8.11. The fraction of sp³-hybridized carbons (Fsp3) is 0.286. The lowest BCUT2D eigenvalue weighted by molar-refractivity contribution is -0.139. The summed E-state index contributed by atoms with van der Waals surface area (Å²) in [6, 6.07) is 18.8. The second-order valence-corrected chi connectivity index (χ2v) is 10.7. The maximum absolute atomic E-state index is 13.9. The zero-order valence-electron chi connectivity index (χ0n) is 22.0. The Morgan fingerprint density at radius 2 is 1.69 bits per heavy atom. The Balaban J connectivity index is 1.73. The molecule has 3 aromatic rings. The molecule has 39 heavy (non-hydrogen) atoms. The molecule has 0 fully saturated rings. The molecule has 1 heterocycles. The number of rotatable bonds is 10. The fourth-order valence-corrected chi connectivity index (χ4v) is 5.62. The Morgan fingerprint density at radius 3 is 2.38 bits per heavy atom. The maximum atomic E-state index is 13.9. The highest BCUT2D eigenvalue weighted by molar-refractivity contribution is 7.92. The second kappa shape index (κ2) is 12.1. The van der Waals surface area contributed by atoms with E-state index in [-0.39, 0.29) is 23.0 Å². The molecular weight excluding hydrogens is 522 g/mol. The Bertz CT molecular complexity index is 1430. The van der Waals surface area contributed by atoms with Gasteiger partial charge in [-0.05, 0) is 48.9 Å². The number of hydrogen-bond donors (Lipinski definition) is 1. The minimum Gasteiger partial charge on any atom is -0.497 e. The largest absolute Gasteiger partial charge is 0.497 e. The predicted octanol–water partition coefficient (Wildman–Crippen LogP) is 2.82. The van der Waals surface area contributed by atoms with Gasteiger partial charge in [0.15, 0.2) is 11.5 Å². The summed E-state index contributed by atoms with van der Waals surface area (Å²) >= 11 is 0. The van der Waals surface area contributed by atoms with Crippen LogP contribution in [0.5, 0.6) is 17.2 Å². The number of nitrogens with one attached hydrogen (secondary N) is 1. The van der Waals surface area contributed by atoms with Crippen molar-refractivity contribution >= 4 is 27.5 Å². The molecule has 1 atom stereocenters. The molecule has 0 saturated heterocycles. The van der Waals surface area contributed by atoms with Crippen LogP contribution in [0, 0.1) is 0 Å². The van der Waals surface area contributed by atoms with Crippen LogP contribution in [0.15, 0.2) is 77.7 Å². The second-order valence-electron chi connectivity index (χ2n) is 8.82. The summed E-state index contributed by atoms with van der Waals surface area (Å²) in [4.78, 5) is 27.8. The first-order valence-corrected chi connectivity index (χ1v) is 13.8. The molecule has 4 rings (SSSR count). The van der Waals surface area contributed by atoms with Gasteiger partial charge in [-0.25, -0.2) is 8.42 Å². The number of fused-ring (bicyclic) bond motifs is 1. The van der Waals surface area contributed by atoms with Gasteiger partial charge in [-0.15, -0.1) is 0 Å². The van der Waals surface area contributed by atoms with E-state index in [4.69, 9.17) is 14.2 Å². The number of nitrogens with zero attached hydrogens (tertiary/aromatic N) is 2. The summed E-state index contributed by atoms with van der Waals surface area (Å²) in [7, 11) is -1.16. The molecule has 0 radical (unpaired) electrons. The number of likely N-dealkylation sites (N-methyl/N-ethyl adjacent to an activating group) is 1. The minimum absolute atomic E-state index is 0.0198. The molecule has 10 nitrogen and oxygen atoms in total. The summed E-state index contributed by atoms with van der Waals surface area (Å²) in [6.45, 7) is 1.80. The van der Waals surface area contributed by atoms with E-state index in [0.717, 1.165) is 9.87 Å². The van der Waals surface area contributed by atoms with Gasteiger partial charge in [0.25, 0.3) is 10.0 Å². The van der Waals surface area contributed by atoms with E-state index < -0.39 is 28.5 Å². The molecule has 0 aromatic heterocycles. The van der Waals surface area contributed by atoms with E-state index in [1.165, 1.54) is 37.3 Å². The van der Waals surface area contributed by atoms with Gasteiger partial charge in [-0.2, -0.15) is 0 Å². The van der Waals surface area contributed by atoms with Crippen molar-refractivity contribution in [2.75, 3.05) is 38.2 Å². The summed E-state index contributed by atoms with van der Waals surface area (Å²) in [5, 5.41) is 2.56. The summed E-state index contributed by atoms with van der Waals surface area (Å²) in [6.07, 6.45) is 0. The number of methoxy groups -OCH3 is 1. The van der Waals surface area contributed by atoms with Gasteiger partial charge in [-0.3, -0.25) is 13.9 Å². The molecule has 1 aliphatic rings. The van der Waals surface area contributed by atoms with E-state index in [0.29, 0.717) is 30.5 Å². The molecule has 3 aromatic carbocycles. The molecule has 11 heteroatoms. The maximum Gasteiger partial charge on any atom is 0.264 e. The minimum atomic E-state index is -4.18. The van der Waals surface area contributed by atoms with Crippen LogP contribution in [-0.4, -0.2) is 65.1 Å². The smallest absolute Gasteiger partial charge is 0.264 e. The first kappa shape index (κ1) is 27.8. The van der Waals surface area contributed by atoms with Crippen LogP contribution >= 0.6 is 0 Å². The SMILES string of the molecule is CNC(=O)[C@H](C)N(Cc1cccc(OC)c1)C(=O)CN(c1ccc2c(c1)OCCO2)S(=O)(=O)c1ccccc1. The lowest BCUT2D eigenvalue weighted by Gasteiger charge is -2.32. The van der Waals surface area contributed by atoms with Crippen LogP contribution < -0.4 is 23.8 Å². The predicted molar refractivity (Wildman–Crippen MR) is 145 cm³/mol. The van der Waals surface area contributed by atoms with Crippen molar-refractivity contribution in [2.45, 2.75) is 24.4 Å². The van der Waals surface area contributed by atoms with E-state index in [2.05, 4.69) is 5.32 Å². The van der Waals surface area contributed by atoms with Crippen molar-refractivity contribution in [1.29, 1.82) is 0 Å². The van der Waals surface area contributed by atoms with Crippen LogP contribution in [0.2, 0.25) is 0 Å². The van der Waals surface area contributed by atoms with Crippen LogP contribution in [-0.2, 0) is 26.2 Å². The van der Waals surface area contributed by atoms with Crippen LogP contribution in [0.1, 0.15) is 12.5 Å². The number of sulfonamides is 1. The van der Waals surface area contributed by atoms with Crippen LogP contribution in [0.4, 0.5) is 5.69 Å². The van der Waals surface area contributed by atoms with Crippen molar-refractivity contribution in [3.63, 3.8) is 0 Å². The van der Waals surface area contributed by atoms with Crippen molar-refractivity contribution in [1.82, 2.24) is 10.2 Å². The standard InChI is InChI=1S/C28H31N3O7S/c1-20(28(33)29-2)30(18-21-8-7-9-23(16-21)36-3)27(32)19-31(39(34,35)24-10-5-4-6-11-24)22-12-13-25-26(17-22)38-15-14-37-25/h4-13,16-17,20H,14-15,18-19H2,1-3H3,(H,29,33)/t20-/m0/s1. The molecule has 1 aliphatic heterocycles. The summed E-state index contributed by atoms with van der Waals surface area (Å²) < 4.78 is 45.3. The molecule has 0 unspecified atom stereocenters. The molecular formula is C28H31N3O7S. The highest BCUT2D eigenvalue weighted by Crippen LogP contribution is 2.36. The van der Waals surface area contributed by atoms with Gasteiger partial charge in [0, 0.05) is 19.7 Å². The molecule has 206 valence electrons. The van der Waals surface area contributed by atoms with E-state index in [1.54, 1.807) is 61.5 Å². The first-order chi connectivity index (χ1) is 18.7. The zero-order chi connectivity index (χ0) is 28.0. The highest BCUT2D eigenvalue weighted by atomic mass is 32.2. The fourth-order valence-electron chi connectivity index (χ4n) is 4.19. The molecule has 1 N–H and O–H groups in total. The van der Waals surface area contributed by atoms with Gasteiger partial charge in [0.05, 0.1) is 17.7 Å². The summed E-state index contributed by atoms with van der Waals surface area (Å²) in [5.41, 5.74) is 0.945. The number of hydrogen-bond acceptors (Lipinski definition) is 7. The number of carbonyl (C=O) groups excluding carboxylic acids is 2. The van der Waals surface area contributed by atoms with Gasteiger partial charge in [0.2, 0.25) is 11.8 Å². The normalized spacial score (nSPS) is 13.2. The highest BCUT2D eigenvalue weighted by Gasteiger charge is 2.33.